The minimum Gasteiger partial charge on any atom is -0.390 e. The molecule has 2 atom stereocenters. The molecule has 1 aromatic rings. The number of aliphatic hydroxyl groups is 2. The molecule has 6 heteroatoms. The highest BCUT2D eigenvalue weighted by Gasteiger charge is 2.18. The Labute approximate surface area is 98.1 Å². The van der Waals surface area contributed by atoms with Gasteiger partial charge in [0.1, 0.15) is 12.4 Å². The molecule has 2 N–H and O–H groups in total. The van der Waals surface area contributed by atoms with Gasteiger partial charge in [0.15, 0.2) is 0 Å². The van der Waals surface area contributed by atoms with Crippen LogP contribution >= 0.6 is 0 Å². The predicted molar refractivity (Wildman–Crippen MR) is 61.5 cm³/mol. The first kappa shape index (κ1) is 13.2. The molecule has 0 aliphatic rings. The van der Waals surface area contributed by atoms with Gasteiger partial charge in [0.05, 0.1) is 12.6 Å². The number of carbonyl (C=O) groups is 1. The maximum Gasteiger partial charge on any atom is 0.150 e. The monoisotopic (exact) mass is 235 g/mol. The summed E-state index contributed by atoms with van der Waals surface area (Å²) in [4.78, 5) is 13.1. The fourth-order valence-electron chi connectivity index (χ4n) is 1.46. The molecule has 6 nitrogen and oxygen atoms in total. The van der Waals surface area contributed by atoms with Crippen molar-refractivity contribution in [2.75, 3.05) is 6.54 Å². The van der Waals surface area contributed by atoms with Crippen LogP contribution in [0.2, 0.25) is 0 Å². The lowest BCUT2D eigenvalue weighted by molar-refractivity contribution is 0.0244. The van der Waals surface area contributed by atoms with Crippen molar-refractivity contribution in [1.82, 2.24) is 0 Å². The van der Waals surface area contributed by atoms with Gasteiger partial charge in [0, 0.05) is 10.5 Å². The summed E-state index contributed by atoms with van der Waals surface area (Å²) in [6, 6.07) is 4.75. The average molecular weight is 235 g/mol. The number of nitrogens with zero attached hydrogens (tertiary/aromatic N) is 3. The standard InChI is InChI=1S/C11H13N3O3/c1-7-4-8(2-3-9(7)6-15)11(17)10(16)5-13-14-12/h2-4,6,10-11,16-17H,5H2,1H3. The Morgan fingerprint density at radius 3 is 2.76 bits per heavy atom. The number of azide groups is 1. The molecule has 0 spiro atoms. The van der Waals surface area contributed by atoms with Crippen molar-refractivity contribution in [2.45, 2.75) is 19.1 Å². The number of hydrogen-bond acceptors (Lipinski definition) is 4. The Bertz CT molecular complexity index is 455. The number of rotatable bonds is 5. The van der Waals surface area contributed by atoms with Crippen molar-refractivity contribution >= 4 is 6.29 Å². The summed E-state index contributed by atoms with van der Waals surface area (Å²) in [5, 5.41) is 22.5. The van der Waals surface area contributed by atoms with Crippen molar-refractivity contribution in [3.8, 4) is 0 Å². The van der Waals surface area contributed by atoms with Crippen LogP contribution in [-0.2, 0) is 0 Å². The van der Waals surface area contributed by atoms with Gasteiger partial charge >= 0.3 is 0 Å². The van der Waals surface area contributed by atoms with E-state index in [4.69, 9.17) is 5.53 Å². The van der Waals surface area contributed by atoms with Crippen molar-refractivity contribution in [3.05, 3.63) is 45.3 Å². The topological polar surface area (TPSA) is 106 Å². The lowest BCUT2D eigenvalue weighted by Crippen LogP contribution is -2.21. The summed E-state index contributed by atoms with van der Waals surface area (Å²) in [6.07, 6.45) is -1.57. The van der Waals surface area contributed by atoms with E-state index in [0.29, 0.717) is 16.7 Å². The fourth-order valence-corrected chi connectivity index (χ4v) is 1.46. The Kier molecular flexibility index (Phi) is 4.66. The molecule has 0 saturated carbocycles. The van der Waals surface area contributed by atoms with Gasteiger partial charge in [0.2, 0.25) is 0 Å². The molecular weight excluding hydrogens is 222 g/mol. The Morgan fingerprint density at radius 1 is 1.53 bits per heavy atom. The maximum atomic E-state index is 10.6. The summed E-state index contributed by atoms with van der Waals surface area (Å²) in [7, 11) is 0. The molecule has 0 fully saturated rings. The number of aldehydes is 1. The van der Waals surface area contributed by atoms with E-state index in [-0.39, 0.29) is 6.54 Å². The van der Waals surface area contributed by atoms with Crippen molar-refractivity contribution in [3.63, 3.8) is 0 Å². The number of aryl methyl sites for hydroxylation is 1. The molecule has 17 heavy (non-hydrogen) atoms. The minimum absolute atomic E-state index is 0.202. The van der Waals surface area contributed by atoms with Gasteiger partial charge in [-0.15, -0.1) is 0 Å². The normalized spacial score (nSPS) is 13.6. The SMILES string of the molecule is Cc1cc(C(O)C(O)CN=[N+]=[N-])ccc1C=O. The highest BCUT2D eigenvalue weighted by molar-refractivity contribution is 5.77. The van der Waals surface area contributed by atoms with Crippen LogP contribution in [0.25, 0.3) is 10.4 Å². The lowest BCUT2D eigenvalue weighted by Gasteiger charge is -2.17. The van der Waals surface area contributed by atoms with Gasteiger partial charge in [-0.2, -0.15) is 0 Å². The van der Waals surface area contributed by atoms with E-state index in [0.717, 1.165) is 6.29 Å². The summed E-state index contributed by atoms with van der Waals surface area (Å²) in [5.41, 5.74) is 9.84. The van der Waals surface area contributed by atoms with E-state index in [1.54, 1.807) is 25.1 Å². The zero-order valence-corrected chi connectivity index (χ0v) is 9.32. The third-order valence-electron chi connectivity index (χ3n) is 2.46. The van der Waals surface area contributed by atoms with Gasteiger partial charge in [-0.25, -0.2) is 0 Å². The molecule has 0 aliphatic carbocycles. The Morgan fingerprint density at radius 2 is 2.24 bits per heavy atom. The minimum atomic E-state index is -1.16. The highest BCUT2D eigenvalue weighted by Crippen LogP contribution is 2.20. The second kappa shape index (κ2) is 6.00. The van der Waals surface area contributed by atoms with Gasteiger partial charge in [0.25, 0.3) is 0 Å². The number of carbonyl (C=O) groups excluding carboxylic acids is 1. The van der Waals surface area contributed by atoms with Crippen LogP contribution in [0.4, 0.5) is 0 Å². The Hall–Kier alpha value is -1.88. The van der Waals surface area contributed by atoms with Crippen LogP contribution in [0.3, 0.4) is 0 Å². The van der Waals surface area contributed by atoms with Gasteiger partial charge < -0.3 is 10.2 Å². The van der Waals surface area contributed by atoms with Gasteiger partial charge in [-0.1, -0.05) is 23.3 Å². The zero-order chi connectivity index (χ0) is 12.8. The largest absolute Gasteiger partial charge is 0.390 e. The van der Waals surface area contributed by atoms with E-state index in [1.165, 1.54) is 0 Å². The smallest absolute Gasteiger partial charge is 0.150 e. The van der Waals surface area contributed by atoms with E-state index in [2.05, 4.69) is 10.0 Å². The predicted octanol–water partition coefficient (Wildman–Crippen LogP) is 1.51. The third kappa shape index (κ3) is 3.29. The summed E-state index contributed by atoms with van der Waals surface area (Å²) < 4.78 is 0. The second-order valence-corrected chi connectivity index (χ2v) is 3.66. The molecular formula is C11H13N3O3. The second-order valence-electron chi connectivity index (χ2n) is 3.66. The van der Waals surface area contributed by atoms with Crippen molar-refractivity contribution in [1.29, 1.82) is 0 Å². The molecule has 0 heterocycles. The van der Waals surface area contributed by atoms with Gasteiger partial charge in [-0.05, 0) is 23.6 Å². The van der Waals surface area contributed by atoms with Gasteiger partial charge in [-0.3, -0.25) is 4.79 Å². The number of hydrogen-bond donors (Lipinski definition) is 2. The van der Waals surface area contributed by atoms with Crippen LogP contribution < -0.4 is 0 Å². The molecule has 0 amide bonds. The molecule has 90 valence electrons. The van der Waals surface area contributed by atoms with Crippen LogP contribution in [0.1, 0.15) is 27.6 Å². The average Bonchev–Trinajstić information content (AvgIpc) is 2.34. The number of benzene rings is 1. The zero-order valence-electron chi connectivity index (χ0n) is 9.32. The molecule has 1 rings (SSSR count). The molecule has 0 bridgehead atoms. The summed E-state index contributed by atoms with van der Waals surface area (Å²) in [6.45, 7) is 1.53. The van der Waals surface area contributed by atoms with Crippen molar-refractivity contribution in [2.24, 2.45) is 5.11 Å². The molecule has 0 aromatic heterocycles. The maximum absolute atomic E-state index is 10.6. The van der Waals surface area contributed by atoms with E-state index in [1.807, 2.05) is 0 Å². The quantitative estimate of drug-likeness (QED) is 0.349. The first-order valence-corrected chi connectivity index (χ1v) is 5.03. The fraction of sp³-hybridized carbons (Fsp3) is 0.364. The summed E-state index contributed by atoms with van der Waals surface area (Å²) >= 11 is 0. The van der Waals surface area contributed by atoms with Crippen molar-refractivity contribution < 1.29 is 15.0 Å². The molecule has 0 radical (unpaired) electrons. The molecule has 0 saturated heterocycles. The van der Waals surface area contributed by atoms with E-state index in [9.17, 15) is 15.0 Å². The lowest BCUT2D eigenvalue weighted by atomic mass is 9.99. The van der Waals surface area contributed by atoms with Crippen LogP contribution in [0.5, 0.6) is 0 Å². The first-order valence-electron chi connectivity index (χ1n) is 5.03. The molecule has 1 aromatic carbocycles. The highest BCUT2D eigenvalue weighted by atomic mass is 16.3. The molecule has 2 unspecified atom stereocenters. The number of aliphatic hydroxyl groups excluding tert-OH is 2. The molecule has 0 aliphatic heterocycles. The summed E-state index contributed by atoms with van der Waals surface area (Å²) in [5.74, 6) is 0. The van der Waals surface area contributed by atoms with E-state index < -0.39 is 12.2 Å². The van der Waals surface area contributed by atoms with Crippen LogP contribution in [0.15, 0.2) is 23.3 Å². The Balaban J connectivity index is 2.88. The van der Waals surface area contributed by atoms with Crippen LogP contribution in [0, 0.1) is 6.92 Å². The van der Waals surface area contributed by atoms with Crippen LogP contribution in [-0.4, -0.2) is 29.1 Å². The third-order valence-corrected chi connectivity index (χ3v) is 2.46. The first-order chi connectivity index (χ1) is 8.10. The van der Waals surface area contributed by atoms with E-state index >= 15 is 0 Å².